The smallest absolute Gasteiger partial charge is 0.340 e. The van der Waals surface area contributed by atoms with Gasteiger partial charge in [0.05, 0.1) is 11.3 Å². The number of ether oxygens (including phenoxy) is 1. The van der Waals surface area contributed by atoms with Gasteiger partial charge < -0.3 is 9.26 Å². The summed E-state index contributed by atoms with van der Waals surface area (Å²) in [4.78, 5) is 16.9. The van der Waals surface area contributed by atoms with Gasteiger partial charge in [-0.15, -0.1) is 11.3 Å². The fourth-order valence-corrected chi connectivity index (χ4v) is 4.96. The van der Waals surface area contributed by atoms with E-state index in [2.05, 4.69) is 21.8 Å². The standard InChI is InChI=1S/C22H19N3O5S2/c1-2-15-9-11-16(12-10-15)21-23-19(30-24-21)14-29-22(26)17-6-3-4-7-18(17)25-32(27,28)20-8-5-13-31-20/h3-13,25H,2,14H2,1H3. The summed E-state index contributed by atoms with van der Waals surface area (Å²) < 4.78 is 38.0. The maximum absolute atomic E-state index is 12.6. The summed E-state index contributed by atoms with van der Waals surface area (Å²) in [5.41, 5.74) is 2.17. The molecule has 10 heteroatoms. The van der Waals surface area contributed by atoms with Crippen molar-refractivity contribution in [1.82, 2.24) is 10.1 Å². The van der Waals surface area contributed by atoms with Crippen LogP contribution in [0.25, 0.3) is 11.4 Å². The number of sulfonamides is 1. The molecular weight excluding hydrogens is 450 g/mol. The summed E-state index contributed by atoms with van der Waals surface area (Å²) >= 11 is 1.08. The number of benzene rings is 2. The van der Waals surface area contributed by atoms with E-state index in [0.29, 0.717) is 5.82 Å². The number of nitrogens with zero attached hydrogens (tertiary/aromatic N) is 2. The zero-order valence-electron chi connectivity index (χ0n) is 17.0. The molecule has 0 amide bonds. The molecule has 32 heavy (non-hydrogen) atoms. The van der Waals surface area contributed by atoms with Crippen LogP contribution < -0.4 is 4.72 Å². The summed E-state index contributed by atoms with van der Waals surface area (Å²) in [6.45, 7) is 1.83. The molecule has 0 unspecified atom stereocenters. The van der Waals surface area contributed by atoms with Crippen molar-refractivity contribution in [2.24, 2.45) is 0 Å². The number of carbonyl (C=O) groups is 1. The van der Waals surface area contributed by atoms with Crippen LogP contribution in [-0.4, -0.2) is 24.5 Å². The van der Waals surface area contributed by atoms with E-state index in [9.17, 15) is 13.2 Å². The van der Waals surface area contributed by atoms with Gasteiger partial charge in [-0.1, -0.05) is 54.5 Å². The van der Waals surface area contributed by atoms with E-state index in [-0.39, 0.29) is 28.0 Å². The predicted molar refractivity (Wildman–Crippen MR) is 120 cm³/mol. The van der Waals surface area contributed by atoms with Crippen LogP contribution in [0.4, 0.5) is 5.69 Å². The van der Waals surface area contributed by atoms with E-state index in [1.165, 1.54) is 23.8 Å². The Kier molecular flexibility index (Phi) is 6.33. The second-order valence-corrected chi connectivity index (χ2v) is 9.58. The van der Waals surface area contributed by atoms with Gasteiger partial charge in [-0.05, 0) is 35.6 Å². The third-order valence-electron chi connectivity index (χ3n) is 4.57. The molecule has 0 atom stereocenters. The minimum Gasteiger partial charge on any atom is -0.452 e. The lowest BCUT2D eigenvalue weighted by Crippen LogP contribution is -2.15. The first kappa shape index (κ1) is 21.7. The Hall–Kier alpha value is -3.50. The first-order valence-corrected chi connectivity index (χ1v) is 12.1. The molecule has 0 spiro atoms. The van der Waals surface area contributed by atoms with E-state index in [1.54, 1.807) is 23.6 Å². The lowest BCUT2D eigenvalue weighted by Gasteiger charge is -2.10. The van der Waals surface area contributed by atoms with Gasteiger partial charge in [0.1, 0.15) is 4.21 Å². The van der Waals surface area contributed by atoms with Gasteiger partial charge in [0, 0.05) is 5.56 Å². The fraction of sp³-hybridized carbons (Fsp3) is 0.136. The third-order valence-corrected chi connectivity index (χ3v) is 7.33. The van der Waals surface area contributed by atoms with Crippen LogP contribution in [0.15, 0.2) is 74.8 Å². The minimum atomic E-state index is -3.81. The Morgan fingerprint density at radius 1 is 1.09 bits per heavy atom. The van der Waals surface area contributed by atoms with E-state index < -0.39 is 16.0 Å². The lowest BCUT2D eigenvalue weighted by molar-refractivity contribution is 0.0431. The topological polar surface area (TPSA) is 111 Å². The molecule has 0 aliphatic rings. The van der Waals surface area contributed by atoms with Crippen LogP contribution in [0.3, 0.4) is 0 Å². The number of aromatic nitrogens is 2. The van der Waals surface area contributed by atoms with E-state index in [4.69, 9.17) is 9.26 Å². The van der Waals surface area contributed by atoms with Crippen LogP contribution >= 0.6 is 11.3 Å². The molecule has 0 saturated carbocycles. The summed E-state index contributed by atoms with van der Waals surface area (Å²) in [6.07, 6.45) is 0.929. The van der Waals surface area contributed by atoms with Crippen molar-refractivity contribution in [3.63, 3.8) is 0 Å². The number of thiophene rings is 1. The average molecular weight is 470 g/mol. The van der Waals surface area contributed by atoms with Crippen molar-refractivity contribution in [3.8, 4) is 11.4 Å². The Labute approximate surface area is 188 Å². The highest BCUT2D eigenvalue weighted by molar-refractivity contribution is 7.94. The zero-order valence-corrected chi connectivity index (χ0v) is 18.7. The highest BCUT2D eigenvalue weighted by Gasteiger charge is 2.21. The first-order valence-electron chi connectivity index (χ1n) is 9.70. The number of carbonyl (C=O) groups excluding carboxylic acids is 1. The molecule has 0 aliphatic carbocycles. The van der Waals surface area contributed by atoms with Gasteiger partial charge >= 0.3 is 5.97 Å². The highest BCUT2D eigenvalue weighted by atomic mass is 32.2. The number of esters is 1. The monoisotopic (exact) mass is 469 g/mol. The molecule has 0 saturated heterocycles. The maximum Gasteiger partial charge on any atom is 0.340 e. The molecule has 0 aliphatic heterocycles. The van der Waals surface area contributed by atoms with Gasteiger partial charge in [0.2, 0.25) is 5.82 Å². The summed E-state index contributed by atoms with van der Waals surface area (Å²) in [7, 11) is -3.81. The van der Waals surface area contributed by atoms with Crippen LogP contribution in [0.5, 0.6) is 0 Å². The van der Waals surface area contributed by atoms with Gasteiger partial charge in [-0.2, -0.15) is 4.98 Å². The number of para-hydroxylation sites is 1. The van der Waals surface area contributed by atoms with Crippen LogP contribution in [0, 0.1) is 0 Å². The quantitative estimate of drug-likeness (QED) is 0.378. The molecule has 2 aromatic carbocycles. The minimum absolute atomic E-state index is 0.0718. The number of hydrogen-bond acceptors (Lipinski definition) is 8. The van der Waals surface area contributed by atoms with Crippen molar-refractivity contribution < 1.29 is 22.5 Å². The van der Waals surface area contributed by atoms with Crippen LogP contribution in [0.2, 0.25) is 0 Å². The molecule has 0 radical (unpaired) electrons. The molecule has 0 bridgehead atoms. The molecule has 164 valence electrons. The van der Waals surface area contributed by atoms with Crippen molar-refractivity contribution in [1.29, 1.82) is 0 Å². The maximum atomic E-state index is 12.6. The molecule has 4 aromatic rings. The number of rotatable bonds is 8. The fourth-order valence-electron chi connectivity index (χ4n) is 2.89. The van der Waals surface area contributed by atoms with Crippen molar-refractivity contribution in [2.75, 3.05) is 4.72 Å². The van der Waals surface area contributed by atoms with Crippen LogP contribution in [-0.2, 0) is 27.8 Å². The Bertz CT molecular complexity index is 1310. The summed E-state index contributed by atoms with van der Waals surface area (Å²) in [5.74, 6) is -0.200. The van der Waals surface area contributed by atoms with Crippen molar-refractivity contribution in [3.05, 3.63) is 83.1 Å². The largest absolute Gasteiger partial charge is 0.452 e. The Balaban J connectivity index is 1.44. The van der Waals surface area contributed by atoms with E-state index in [1.807, 2.05) is 24.3 Å². The SMILES string of the molecule is CCc1ccc(-c2noc(COC(=O)c3ccccc3NS(=O)(=O)c3cccs3)n2)cc1. The van der Waals surface area contributed by atoms with E-state index >= 15 is 0 Å². The Morgan fingerprint density at radius 3 is 2.59 bits per heavy atom. The molecule has 2 aromatic heterocycles. The summed E-state index contributed by atoms with van der Waals surface area (Å²) in [6, 6.07) is 17.1. The van der Waals surface area contributed by atoms with Gasteiger partial charge in [0.25, 0.3) is 15.9 Å². The molecule has 0 fully saturated rings. The lowest BCUT2D eigenvalue weighted by atomic mass is 10.1. The first-order chi connectivity index (χ1) is 15.5. The van der Waals surface area contributed by atoms with Crippen LogP contribution in [0.1, 0.15) is 28.7 Å². The second-order valence-electron chi connectivity index (χ2n) is 6.72. The molecule has 4 rings (SSSR count). The number of hydrogen-bond donors (Lipinski definition) is 1. The molecule has 1 N–H and O–H groups in total. The number of aryl methyl sites for hydroxylation is 1. The second kappa shape index (κ2) is 9.33. The van der Waals surface area contributed by atoms with Gasteiger partial charge in [-0.25, -0.2) is 13.2 Å². The normalized spacial score (nSPS) is 11.3. The molecule has 2 heterocycles. The van der Waals surface area contributed by atoms with Crippen molar-refractivity contribution >= 4 is 33.0 Å². The van der Waals surface area contributed by atoms with E-state index in [0.717, 1.165) is 23.3 Å². The van der Waals surface area contributed by atoms with Gasteiger partial charge in [0.15, 0.2) is 6.61 Å². The Morgan fingerprint density at radius 2 is 1.88 bits per heavy atom. The zero-order chi connectivity index (χ0) is 22.6. The number of anilines is 1. The highest BCUT2D eigenvalue weighted by Crippen LogP contribution is 2.24. The van der Waals surface area contributed by atoms with Gasteiger partial charge in [-0.3, -0.25) is 4.72 Å². The third kappa shape index (κ3) is 4.87. The van der Waals surface area contributed by atoms with Crippen molar-refractivity contribution in [2.45, 2.75) is 24.2 Å². The predicted octanol–water partition coefficient (Wildman–Crippen LogP) is 4.52. The average Bonchev–Trinajstić information content (AvgIpc) is 3.51. The molecule has 8 nitrogen and oxygen atoms in total. The number of nitrogens with one attached hydrogen (secondary N) is 1. The molecular formula is C22H19N3O5S2. The summed E-state index contributed by atoms with van der Waals surface area (Å²) in [5, 5.41) is 5.58.